The molecule has 1 aliphatic heterocycles. The fraction of sp³-hybridized carbons (Fsp3) is 0.300. The van der Waals surface area contributed by atoms with Crippen molar-refractivity contribution in [2.75, 3.05) is 5.32 Å². The summed E-state index contributed by atoms with van der Waals surface area (Å²) in [7, 11) is 0. The minimum Gasteiger partial charge on any atom is -0.379 e. The lowest BCUT2D eigenvalue weighted by atomic mass is 10.0. The molecule has 2 N–H and O–H groups in total. The number of benzene rings is 1. The summed E-state index contributed by atoms with van der Waals surface area (Å²) in [5.74, 6) is -0.310. The van der Waals surface area contributed by atoms with Crippen molar-refractivity contribution >= 4 is 23.2 Å². The zero-order valence-electron chi connectivity index (χ0n) is 8.31. The van der Waals surface area contributed by atoms with Crippen molar-refractivity contribution in [3.05, 3.63) is 28.3 Å². The SMILES string of the molecule is O=C1Cc2cc(C(O)C(F)(F)F)c(Cl)cc2N1. The quantitative estimate of drug-likeness (QED) is 0.819. The monoisotopic (exact) mass is 265 g/mol. The molecule has 1 aliphatic rings. The number of fused-ring (bicyclic) bond motifs is 1. The van der Waals surface area contributed by atoms with Gasteiger partial charge in [-0.3, -0.25) is 4.79 Å². The van der Waals surface area contributed by atoms with Gasteiger partial charge in [0.05, 0.1) is 6.42 Å². The summed E-state index contributed by atoms with van der Waals surface area (Å²) in [4.78, 5) is 11.1. The van der Waals surface area contributed by atoms with Gasteiger partial charge in [0, 0.05) is 16.3 Å². The summed E-state index contributed by atoms with van der Waals surface area (Å²) in [5.41, 5.74) is 0.352. The van der Waals surface area contributed by atoms with Crippen molar-refractivity contribution in [2.24, 2.45) is 0 Å². The van der Waals surface area contributed by atoms with Crippen molar-refractivity contribution < 1.29 is 23.1 Å². The van der Waals surface area contributed by atoms with Gasteiger partial charge in [0.2, 0.25) is 5.91 Å². The van der Waals surface area contributed by atoms with Gasteiger partial charge in [0.1, 0.15) is 0 Å². The van der Waals surface area contributed by atoms with Crippen molar-refractivity contribution in [3.63, 3.8) is 0 Å². The largest absolute Gasteiger partial charge is 0.418 e. The Bertz CT molecular complexity index is 487. The molecule has 1 heterocycles. The third-order valence-corrected chi connectivity index (χ3v) is 2.78. The smallest absolute Gasteiger partial charge is 0.379 e. The maximum absolute atomic E-state index is 12.4. The van der Waals surface area contributed by atoms with Crippen molar-refractivity contribution in [1.29, 1.82) is 0 Å². The topological polar surface area (TPSA) is 49.3 Å². The van der Waals surface area contributed by atoms with Crippen LogP contribution in [-0.2, 0) is 11.2 Å². The first-order valence-corrected chi connectivity index (χ1v) is 5.04. The van der Waals surface area contributed by atoms with Gasteiger partial charge in [-0.1, -0.05) is 11.6 Å². The molecule has 1 aromatic carbocycles. The molecule has 92 valence electrons. The molecule has 17 heavy (non-hydrogen) atoms. The highest BCUT2D eigenvalue weighted by Gasteiger charge is 2.41. The van der Waals surface area contributed by atoms with E-state index in [1.807, 2.05) is 0 Å². The van der Waals surface area contributed by atoms with E-state index in [4.69, 9.17) is 16.7 Å². The fourth-order valence-corrected chi connectivity index (χ4v) is 1.92. The molecule has 0 fully saturated rings. The zero-order chi connectivity index (χ0) is 12.8. The van der Waals surface area contributed by atoms with Crippen LogP contribution < -0.4 is 5.32 Å². The van der Waals surface area contributed by atoms with Gasteiger partial charge in [-0.05, 0) is 17.7 Å². The van der Waals surface area contributed by atoms with Crippen molar-refractivity contribution in [2.45, 2.75) is 18.7 Å². The minimum absolute atomic E-state index is 0.00984. The van der Waals surface area contributed by atoms with Crippen molar-refractivity contribution in [3.8, 4) is 0 Å². The van der Waals surface area contributed by atoms with E-state index in [1.165, 1.54) is 6.07 Å². The summed E-state index contributed by atoms with van der Waals surface area (Å²) >= 11 is 5.65. The molecule has 1 atom stereocenters. The van der Waals surface area contributed by atoms with Gasteiger partial charge in [0.15, 0.2) is 6.10 Å². The molecule has 2 rings (SSSR count). The Kier molecular flexibility index (Phi) is 2.79. The highest BCUT2D eigenvalue weighted by atomic mass is 35.5. The van der Waals surface area contributed by atoms with E-state index in [-0.39, 0.29) is 17.4 Å². The number of amides is 1. The third-order valence-electron chi connectivity index (χ3n) is 2.45. The molecular formula is C10H7ClF3NO2. The first-order valence-electron chi connectivity index (χ1n) is 4.66. The van der Waals surface area contributed by atoms with E-state index in [9.17, 15) is 18.0 Å². The number of anilines is 1. The summed E-state index contributed by atoms with van der Waals surface area (Å²) < 4.78 is 37.1. The van der Waals surface area contributed by atoms with Gasteiger partial charge in [-0.25, -0.2) is 0 Å². The van der Waals surface area contributed by atoms with Crippen LogP contribution in [0.2, 0.25) is 5.02 Å². The second kappa shape index (κ2) is 3.89. The van der Waals surface area contributed by atoms with Crippen LogP contribution in [0.5, 0.6) is 0 Å². The summed E-state index contributed by atoms with van der Waals surface area (Å²) in [6, 6.07) is 2.32. The number of rotatable bonds is 1. The van der Waals surface area contributed by atoms with Gasteiger partial charge in [-0.2, -0.15) is 13.2 Å². The maximum atomic E-state index is 12.4. The number of alkyl halides is 3. The second-order valence-electron chi connectivity index (χ2n) is 3.70. The Morgan fingerprint density at radius 3 is 2.65 bits per heavy atom. The van der Waals surface area contributed by atoms with E-state index in [1.54, 1.807) is 0 Å². The van der Waals surface area contributed by atoms with E-state index >= 15 is 0 Å². The molecule has 0 aliphatic carbocycles. The number of carbonyl (C=O) groups is 1. The summed E-state index contributed by atoms with van der Waals surface area (Å²) in [6.45, 7) is 0. The molecule has 0 bridgehead atoms. The number of aliphatic hydroxyl groups excluding tert-OH is 1. The van der Waals surface area contributed by atoms with Crippen molar-refractivity contribution in [1.82, 2.24) is 0 Å². The first-order chi connectivity index (χ1) is 7.79. The van der Waals surface area contributed by atoms with Gasteiger partial charge < -0.3 is 10.4 Å². The third kappa shape index (κ3) is 2.23. The lowest BCUT2D eigenvalue weighted by Crippen LogP contribution is -2.20. The number of hydrogen-bond acceptors (Lipinski definition) is 2. The molecule has 7 heteroatoms. The van der Waals surface area contributed by atoms with E-state index in [0.717, 1.165) is 6.07 Å². The van der Waals surface area contributed by atoms with Crippen LogP contribution >= 0.6 is 11.6 Å². The van der Waals surface area contributed by atoms with Crippen LogP contribution in [0.4, 0.5) is 18.9 Å². The van der Waals surface area contributed by atoms with Crippen LogP contribution in [0.1, 0.15) is 17.2 Å². The maximum Gasteiger partial charge on any atom is 0.418 e. The van der Waals surface area contributed by atoms with Crippen LogP contribution in [0, 0.1) is 0 Å². The average Bonchev–Trinajstić information content (AvgIpc) is 2.53. The predicted octanol–water partition coefficient (Wildman–Crippen LogP) is 2.43. The molecule has 0 saturated carbocycles. The van der Waals surface area contributed by atoms with E-state index < -0.39 is 17.8 Å². The fourth-order valence-electron chi connectivity index (χ4n) is 1.65. The molecule has 1 unspecified atom stereocenters. The molecule has 0 radical (unpaired) electrons. The Labute approximate surface area is 99.2 Å². The number of hydrogen-bond donors (Lipinski definition) is 2. The highest BCUT2D eigenvalue weighted by Crippen LogP contribution is 2.39. The standard InChI is InChI=1S/C10H7ClF3NO2/c11-6-3-7-4(2-8(16)15-7)1-5(6)9(17)10(12,13)14/h1,3,9,17H,2H2,(H,15,16). The summed E-state index contributed by atoms with van der Waals surface area (Å²) in [5, 5.41) is 11.4. The van der Waals surface area contributed by atoms with Gasteiger partial charge in [0.25, 0.3) is 0 Å². The number of aliphatic hydroxyl groups is 1. The Morgan fingerprint density at radius 1 is 1.41 bits per heavy atom. The molecule has 1 aromatic rings. The van der Waals surface area contributed by atoms with Gasteiger partial charge in [-0.15, -0.1) is 0 Å². The predicted molar refractivity (Wildman–Crippen MR) is 54.8 cm³/mol. The normalized spacial score (nSPS) is 16.6. The lowest BCUT2D eigenvalue weighted by Gasteiger charge is -2.17. The lowest BCUT2D eigenvalue weighted by molar-refractivity contribution is -0.206. The van der Waals surface area contributed by atoms with E-state index in [0.29, 0.717) is 11.3 Å². The highest BCUT2D eigenvalue weighted by molar-refractivity contribution is 6.32. The zero-order valence-corrected chi connectivity index (χ0v) is 9.06. The molecule has 0 spiro atoms. The van der Waals surface area contributed by atoms with Crippen LogP contribution in [0.25, 0.3) is 0 Å². The molecule has 0 aromatic heterocycles. The molecular weight excluding hydrogens is 259 g/mol. The number of halogens is 4. The second-order valence-corrected chi connectivity index (χ2v) is 4.11. The van der Waals surface area contributed by atoms with Crippen LogP contribution in [0.15, 0.2) is 12.1 Å². The Morgan fingerprint density at radius 2 is 2.06 bits per heavy atom. The van der Waals surface area contributed by atoms with E-state index in [2.05, 4.69) is 5.32 Å². The minimum atomic E-state index is -4.78. The molecule has 1 amide bonds. The Hall–Kier alpha value is -1.27. The number of nitrogens with one attached hydrogen (secondary N) is 1. The average molecular weight is 266 g/mol. The van der Waals surface area contributed by atoms with Crippen LogP contribution in [0.3, 0.4) is 0 Å². The molecule has 3 nitrogen and oxygen atoms in total. The first kappa shape index (κ1) is 12.2. The summed E-state index contributed by atoms with van der Waals surface area (Å²) in [6.07, 6.45) is -7.44. The molecule has 0 saturated heterocycles. The Balaban J connectivity index is 2.44. The number of carbonyl (C=O) groups excluding carboxylic acids is 1. The van der Waals surface area contributed by atoms with Crippen LogP contribution in [-0.4, -0.2) is 17.2 Å². The van der Waals surface area contributed by atoms with Gasteiger partial charge >= 0.3 is 6.18 Å².